The molecule has 7 nitrogen and oxygen atoms in total. The summed E-state index contributed by atoms with van der Waals surface area (Å²) in [6, 6.07) is 9.43. The van der Waals surface area contributed by atoms with Gasteiger partial charge in [0.2, 0.25) is 0 Å². The van der Waals surface area contributed by atoms with Crippen LogP contribution in [0.25, 0.3) is 6.08 Å². The number of allylic oxidation sites excluding steroid dienone is 1. The van der Waals surface area contributed by atoms with Gasteiger partial charge < -0.3 is 18.9 Å². The Labute approximate surface area is 175 Å². The van der Waals surface area contributed by atoms with Gasteiger partial charge in [-0.1, -0.05) is 36.4 Å². The highest BCUT2D eigenvalue weighted by atomic mass is 16.6. The quantitative estimate of drug-likeness (QED) is 0.452. The van der Waals surface area contributed by atoms with E-state index in [4.69, 9.17) is 18.9 Å². The van der Waals surface area contributed by atoms with Crippen LogP contribution in [0.2, 0.25) is 0 Å². The van der Waals surface area contributed by atoms with E-state index in [0.717, 1.165) is 5.56 Å². The van der Waals surface area contributed by atoms with Crippen molar-refractivity contribution in [2.45, 2.75) is 33.3 Å². The van der Waals surface area contributed by atoms with Crippen molar-refractivity contribution in [1.82, 2.24) is 0 Å². The van der Waals surface area contributed by atoms with Gasteiger partial charge in [0.15, 0.2) is 0 Å². The molecule has 0 radical (unpaired) electrons. The second kappa shape index (κ2) is 11.6. The topological polar surface area (TPSA) is 88.1 Å². The maximum Gasteiger partial charge on any atom is 0.341 e. The average Bonchev–Trinajstić information content (AvgIpc) is 2.73. The van der Waals surface area contributed by atoms with Crippen molar-refractivity contribution in [3.8, 4) is 0 Å². The zero-order chi connectivity index (χ0) is 21.9. The van der Waals surface area contributed by atoms with Crippen LogP contribution >= 0.6 is 0 Å². The van der Waals surface area contributed by atoms with Gasteiger partial charge in [-0.3, -0.25) is 4.79 Å². The third kappa shape index (κ3) is 6.34. The Morgan fingerprint density at radius 3 is 2.17 bits per heavy atom. The Morgan fingerprint density at radius 1 is 0.900 bits per heavy atom. The standard InChI is InChI=1S/C23H26O7/c1-4-27-21(24)15-20-18(23(26)29-6-3)14-17(22(25)28-5-2)19(30-20)13-12-16-10-8-7-9-11-16/h7-14,20H,4-6,15H2,1-3H3/b13-12+. The van der Waals surface area contributed by atoms with Gasteiger partial charge in [-0.15, -0.1) is 0 Å². The van der Waals surface area contributed by atoms with Gasteiger partial charge >= 0.3 is 17.9 Å². The lowest BCUT2D eigenvalue weighted by atomic mass is 9.99. The van der Waals surface area contributed by atoms with Crippen molar-refractivity contribution in [1.29, 1.82) is 0 Å². The molecule has 0 saturated heterocycles. The van der Waals surface area contributed by atoms with Gasteiger partial charge in [-0.25, -0.2) is 9.59 Å². The van der Waals surface area contributed by atoms with E-state index in [0.29, 0.717) is 0 Å². The van der Waals surface area contributed by atoms with Crippen molar-refractivity contribution in [2.24, 2.45) is 0 Å². The van der Waals surface area contributed by atoms with Gasteiger partial charge in [-0.2, -0.15) is 0 Å². The zero-order valence-electron chi connectivity index (χ0n) is 17.4. The zero-order valence-corrected chi connectivity index (χ0v) is 17.4. The lowest BCUT2D eigenvalue weighted by Crippen LogP contribution is -2.30. The average molecular weight is 414 g/mol. The molecule has 1 aromatic rings. The maximum atomic E-state index is 12.5. The summed E-state index contributed by atoms with van der Waals surface area (Å²) in [5.74, 6) is -1.63. The molecule has 1 atom stereocenters. The molecule has 0 aromatic heterocycles. The van der Waals surface area contributed by atoms with Crippen LogP contribution in [0, 0.1) is 0 Å². The highest BCUT2D eigenvalue weighted by Gasteiger charge is 2.34. The Morgan fingerprint density at radius 2 is 1.53 bits per heavy atom. The SMILES string of the molecule is CCOC(=O)CC1OC(/C=C/c2ccccc2)=C(C(=O)OCC)C=C1C(=O)OCC. The van der Waals surface area contributed by atoms with Gasteiger partial charge in [0.25, 0.3) is 0 Å². The monoisotopic (exact) mass is 414 g/mol. The van der Waals surface area contributed by atoms with Crippen molar-refractivity contribution >= 4 is 24.0 Å². The normalized spacial score (nSPS) is 16.0. The van der Waals surface area contributed by atoms with Crippen molar-refractivity contribution in [2.75, 3.05) is 19.8 Å². The Hall–Kier alpha value is -3.35. The first-order chi connectivity index (χ1) is 14.5. The molecule has 0 bridgehead atoms. The predicted octanol–water partition coefficient (Wildman–Crippen LogP) is 3.36. The molecule has 0 spiro atoms. The molecule has 7 heteroatoms. The first-order valence-corrected chi connectivity index (χ1v) is 9.85. The van der Waals surface area contributed by atoms with Crippen LogP contribution < -0.4 is 0 Å². The highest BCUT2D eigenvalue weighted by Crippen LogP contribution is 2.29. The Kier molecular flexibility index (Phi) is 8.87. The number of esters is 3. The molecule has 2 rings (SSSR count). The van der Waals surface area contributed by atoms with Crippen LogP contribution in [-0.2, 0) is 33.3 Å². The molecule has 1 unspecified atom stereocenters. The van der Waals surface area contributed by atoms with Crippen LogP contribution in [0.4, 0.5) is 0 Å². The van der Waals surface area contributed by atoms with E-state index in [1.54, 1.807) is 32.9 Å². The number of ether oxygens (including phenoxy) is 4. The van der Waals surface area contributed by atoms with Gasteiger partial charge in [0, 0.05) is 0 Å². The summed E-state index contributed by atoms with van der Waals surface area (Å²) < 4.78 is 21.1. The van der Waals surface area contributed by atoms with Crippen molar-refractivity contribution < 1.29 is 33.3 Å². The first-order valence-electron chi connectivity index (χ1n) is 9.85. The van der Waals surface area contributed by atoms with E-state index in [-0.39, 0.29) is 43.1 Å². The number of hydrogen-bond acceptors (Lipinski definition) is 7. The molecule has 1 aromatic carbocycles. The third-order valence-corrected chi connectivity index (χ3v) is 4.07. The summed E-state index contributed by atoms with van der Waals surface area (Å²) in [6.07, 6.45) is 3.60. The molecule has 30 heavy (non-hydrogen) atoms. The van der Waals surface area contributed by atoms with Crippen LogP contribution in [0.1, 0.15) is 32.8 Å². The number of hydrogen-bond donors (Lipinski definition) is 0. The minimum absolute atomic E-state index is 0.0600. The fourth-order valence-corrected chi connectivity index (χ4v) is 2.76. The molecule has 0 amide bonds. The fourth-order valence-electron chi connectivity index (χ4n) is 2.76. The number of benzene rings is 1. The summed E-state index contributed by atoms with van der Waals surface area (Å²) in [6.45, 7) is 5.54. The molecular formula is C23H26O7. The third-order valence-electron chi connectivity index (χ3n) is 4.07. The van der Waals surface area contributed by atoms with Crippen molar-refractivity contribution in [3.05, 3.63) is 65.0 Å². The van der Waals surface area contributed by atoms with Crippen molar-refractivity contribution in [3.63, 3.8) is 0 Å². The largest absolute Gasteiger partial charge is 0.484 e. The van der Waals surface area contributed by atoms with Gasteiger partial charge in [0.1, 0.15) is 17.4 Å². The fraction of sp³-hybridized carbons (Fsp3) is 0.348. The lowest BCUT2D eigenvalue weighted by molar-refractivity contribution is -0.146. The van der Waals surface area contributed by atoms with E-state index in [9.17, 15) is 14.4 Å². The molecule has 1 aliphatic heterocycles. The predicted molar refractivity (Wildman–Crippen MR) is 110 cm³/mol. The molecule has 1 aliphatic rings. The van der Waals surface area contributed by atoms with Gasteiger partial charge in [-0.05, 0) is 38.5 Å². The minimum Gasteiger partial charge on any atom is -0.484 e. The van der Waals surface area contributed by atoms with E-state index >= 15 is 0 Å². The summed E-state index contributed by atoms with van der Waals surface area (Å²) in [5.41, 5.74) is 1.02. The molecule has 0 saturated carbocycles. The van der Waals surface area contributed by atoms with E-state index in [1.807, 2.05) is 30.3 Å². The number of carbonyl (C=O) groups is 3. The second-order valence-corrected chi connectivity index (χ2v) is 6.18. The second-order valence-electron chi connectivity index (χ2n) is 6.18. The summed E-state index contributed by atoms with van der Waals surface area (Å²) in [4.78, 5) is 37.0. The van der Waals surface area contributed by atoms with E-state index in [2.05, 4.69) is 0 Å². The number of carbonyl (C=O) groups excluding carboxylic acids is 3. The lowest BCUT2D eigenvalue weighted by Gasteiger charge is -2.26. The van der Waals surface area contributed by atoms with Crippen LogP contribution in [0.3, 0.4) is 0 Å². The smallest absolute Gasteiger partial charge is 0.341 e. The summed E-state index contributed by atoms with van der Waals surface area (Å²) in [5, 5.41) is 0. The minimum atomic E-state index is -0.948. The Balaban J connectivity index is 2.45. The van der Waals surface area contributed by atoms with Crippen LogP contribution in [0.5, 0.6) is 0 Å². The van der Waals surface area contributed by atoms with E-state index < -0.39 is 24.0 Å². The maximum absolute atomic E-state index is 12.5. The van der Waals surface area contributed by atoms with Crippen LogP contribution in [0.15, 0.2) is 59.4 Å². The van der Waals surface area contributed by atoms with Gasteiger partial charge in [0.05, 0.1) is 31.8 Å². The Bertz CT molecular complexity index is 850. The molecule has 0 N–H and O–H groups in total. The highest BCUT2D eigenvalue weighted by molar-refractivity contribution is 5.99. The summed E-state index contributed by atoms with van der Waals surface area (Å²) >= 11 is 0. The van der Waals surface area contributed by atoms with E-state index in [1.165, 1.54) is 6.08 Å². The molecule has 0 fully saturated rings. The molecule has 0 aliphatic carbocycles. The van der Waals surface area contributed by atoms with Crippen LogP contribution in [-0.4, -0.2) is 43.8 Å². The molecular weight excluding hydrogens is 388 g/mol. The first kappa shape index (κ1) is 22.9. The number of rotatable bonds is 9. The molecule has 160 valence electrons. The molecule has 1 heterocycles. The summed E-state index contributed by atoms with van der Waals surface area (Å²) in [7, 11) is 0.